The lowest BCUT2D eigenvalue weighted by Gasteiger charge is -2.11. The molecule has 2 aromatic rings. The maximum absolute atomic E-state index is 12.0. The third-order valence-corrected chi connectivity index (χ3v) is 4.89. The standard InChI is InChI=1S/C16H14N2O4S/c1-18(2)23(20,21)15-9-5-13(6-10-15)16(19)22-14-7-3-12(11-17)4-8-14/h3-10H,1-2H3. The highest BCUT2D eigenvalue weighted by Crippen LogP contribution is 2.17. The van der Waals surface area contributed by atoms with E-state index in [9.17, 15) is 13.2 Å². The van der Waals surface area contributed by atoms with Crippen LogP contribution in [-0.2, 0) is 10.0 Å². The summed E-state index contributed by atoms with van der Waals surface area (Å²) in [5.74, 6) is -0.303. The van der Waals surface area contributed by atoms with Gasteiger partial charge in [0.05, 0.1) is 22.1 Å². The summed E-state index contributed by atoms with van der Waals surface area (Å²) in [6.07, 6.45) is 0. The van der Waals surface area contributed by atoms with E-state index in [1.54, 1.807) is 0 Å². The number of esters is 1. The minimum Gasteiger partial charge on any atom is -0.423 e. The summed E-state index contributed by atoms with van der Waals surface area (Å²) >= 11 is 0. The van der Waals surface area contributed by atoms with Crippen LogP contribution in [0.1, 0.15) is 15.9 Å². The van der Waals surface area contributed by atoms with Crippen molar-refractivity contribution < 1.29 is 17.9 Å². The van der Waals surface area contributed by atoms with Gasteiger partial charge in [0.15, 0.2) is 0 Å². The predicted octanol–water partition coefficient (Wildman–Crippen LogP) is 2.03. The van der Waals surface area contributed by atoms with Crippen LogP contribution in [0, 0.1) is 11.3 Å². The smallest absolute Gasteiger partial charge is 0.343 e. The van der Waals surface area contributed by atoms with E-state index in [-0.39, 0.29) is 10.5 Å². The molecule has 0 saturated heterocycles. The maximum atomic E-state index is 12.0. The van der Waals surface area contributed by atoms with Crippen molar-refractivity contribution in [3.63, 3.8) is 0 Å². The van der Waals surface area contributed by atoms with Gasteiger partial charge in [-0.25, -0.2) is 17.5 Å². The van der Waals surface area contributed by atoms with E-state index in [0.29, 0.717) is 11.3 Å². The van der Waals surface area contributed by atoms with Gasteiger partial charge in [0.1, 0.15) is 5.75 Å². The number of carbonyl (C=O) groups excluding carboxylic acids is 1. The number of carbonyl (C=O) groups is 1. The van der Waals surface area contributed by atoms with Crippen LogP contribution in [0.25, 0.3) is 0 Å². The lowest BCUT2D eigenvalue weighted by Crippen LogP contribution is -2.22. The van der Waals surface area contributed by atoms with E-state index in [1.165, 1.54) is 62.6 Å². The molecular formula is C16H14N2O4S. The van der Waals surface area contributed by atoms with Gasteiger partial charge in [0.2, 0.25) is 10.0 Å². The lowest BCUT2D eigenvalue weighted by molar-refractivity contribution is 0.0734. The van der Waals surface area contributed by atoms with Crippen molar-refractivity contribution in [2.75, 3.05) is 14.1 Å². The third kappa shape index (κ3) is 3.74. The van der Waals surface area contributed by atoms with Gasteiger partial charge in [-0.3, -0.25) is 0 Å². The fourth-order valence-corrected chi connectivity index (χ4v) is 2.64. The summed E-state index contributed by atoms with van der Waals surface area (Å²) in [6.45, 7) is 0. The molecule has 0 aliphatic carbocycles. The van der Waals surface area contributed by atoms with E-state index < -0.39 is 16.0 Å². The van der Waals surface area contributed by atoms with Crippen LogP contribution in [0.15, 0.2) is 53.4 Å². The highest BCUT2D eigenvalue weighted by molar-refractivity contribution is 7.89. The van der Waals surface area contributed by atoms with Gasteiger partial charge in [-0.05, 0) is 48.5 Å². The minimum absolute atomic E-state index is 0.0948. The summed E-state index contributed by atoms with van der Waals surface area (Å²) in [4.78, 5) is 12.1. The summed E-state index contributed by atoms with van der Waals surface area (Å²) in [6, 6.07) is 13.6. The van der Waals surface area contributed by atoms with Crippen LogP contribution in [0.5, 0.6) is 5.75 Å². The first-order valence-electron chi connectivity index (χ1n) is 6.59. The molecule has 0 radical (unpaired) electrons. The lowest BCUT2D eigenvalue weighted by atomic mass is 10.2. The Morgan fingerprint density at radius 1 is 1.04 bits per heavy atom. The number of rotatable bonds is 4. The molecule has 0 saturated carbocycles. The summed E-state index contributed by atoms with van der Waals surface area (Å²) < 4.78 is 30.2. The fourth-order valence-electron chi connectivity index (χ4n) is 1.74. The number of nitriles is 1. The highest BCUT2D eigenvalue weighted by Gasteiger charge is 2.18. The molecule has 23 heavy (non-hydrogen) atoms. The number of ether oxygens (including phenoxy) is 1. The van der Waals surface area contributed by atoms with Crippen LogP contribution in [-0.4, -0.2) is 32.8 Å². The van der Waals surface area contributed by atoms with Crippen molar-refractivity contribution in [1.82, 2.24) is 4.31 Å². The molecular weight excluding hydrogens is 316 g/mol. The molecule has 0 unspecified atom stereocenters. The van der Waals surface area contributed by atoms with Crippen molar-refractivity contribution >= 4 is 16.0 Å². The zero-order valence-electron chi connectivity index (χ0n) is 12.6. The molecule has 0 spiro atoms. The average molecular weight is 330 g/mol. The second-order valence-corrected chi connectivity index (χ2v) is 6.99. The van der Waals surface area contributed by atoms with Crippen molar-refractivity contribution in [3.8, 4) is 11.8 Å². The van der Waals surface area contributed by atoms with E-state index >= 15 is 0 Å². The van der Waals surface area contributed by atoms with Crippen LogP contribution in [0.2, 0.25) is 0 Å². The molecule has 2 rings (SSSR count). The molecule has 0 aliphatic heterocycles. The Morgan fingerprint density at radius 2 is 1.61 bits per heavy atom. The number of hydrogen-bond donors (Lipinski definition) is 0. The Labute approximate surface area is 134 Å². The van der Waals surface area contributed by atoms with Gasteiger partial charge in [-0.1, -0.05) is 0 Å². The van der Waals surface area contributed by atoms with Gasteiger partial charge < -0.3 is 4.74 Å². The van der Waals surface area contributed by atoms with Crippen molar-refractivity contribution in [2.45, 2.75) is 4.90 Å². The molecule has 0 N–H and O–H groups in total. The summed E-state index contributed by atoms with van der Waals surface area (Å²) in [5.41, 5.74) is 0.690. The Morgan fingerprint density at radius 3 is 2.09 bits per heavy atom. The zero-order chi connectivity index (χ0) is 17.0. The van der Waals surface area contributed by atoms with E-state index in [2.05, 4.69) is 0 Å². The Hall–Kier alpha value is -2.69. The van der Waals surface area contributed by atoms with Gasteiger partial charge in [-0.15, -0.1) is 0 Å². The van der Waals surface area contributed by atoms with Crippen molar-refractivity contribution in [1.29, 1.82) is 5.26 Å². The predicted molar refractivity (Wildman–Crippen MR) is 83.4 cm³/mol. The molecule has 0 amide bonds. The largest absolute Gasteiger partial charge is 0.423 e. The third-order valence-electron chi connectivity index (χ3n) is 3.06. The minimum atomic E-state index is -3.54. The van der Waals surface area contributed by atoms with E-state index in [0.717, 1.165) is 4.31 Å². The molecule has 2 aromatic carbocycles. The summed E-state index contributed by atoms with van der Waals surface area (Å²) in [5, 5.41) is 8.71. The van der Waals surface area contributed by atoms with Gasteiger partial charge in [0.25, 0.3) is 0 Å². The summed E-state index contributed by atoms with van der Waals surface area (Å²) in [7, 11) is -0.669. The van der Waals surface area contributed by atoms with Gasteiger partial charge >= 0.3 is 5.97 Å². The monoisotopic (exact) mass is 330 g/mol. The second kappa shape index (κ2) is 6.60. The Kier molecular flexibility index (Phi) is 4.79. The first-order valence-corrected chi connectivity index (χ1v) is 8.03. The van der Waals surface area contributed by atoms with E-state index in [1.807, 2.05) is 6.07 Å². The number of nitrogens with zero attached hydrogens (tertiary/aromatic N) is 2. The topological polar surface area (TPSA) is 87.5 Å². The van der Waals surface area contributed by atoms with Gasteiger partial charge in [-0.2, -0.15) is 5.26 Å². The molecule has 0 bridgehead atoms. The fraction of sp³-hybridized carbons (Fsp3) is 0.125. The van der Waals surface area contributed by atoms with Crippen LogP contribution >= 0.6 is 0 Å². The normalized spacial score (nSPS) is 11.0. The van der Waals surface area contributed by atoms with Crippen molar-refractivity contribution in [2.24, 2.45) is 0 Å². The molecule has 0 atom stereocenters. The van der Waals surface area contributed by atoms with Gasteiger partial charge in [0, 0.05) is 14.1 Å². The number of hydrogen-bond acceptors (Lipinski definition) is 5. The molecule has 7 heteroatoms. The first kappa shape index (κ1) is 16.7. The molecule has 0 aliphatic rings. The quantitative estimate of drug-likeness (QED) is 0.632. The van der Waals surface area contributed by atoms with Crippen LogP contribution in [0.4, 0.5) is 0 Å². The van der Waals surface area contributed by atoms with Crippen molar-refractivity contribution in [3.05, 3.63) is 59.7 Å². The first-order chi connectivity index (χ1) is 10.8. The number of benzene rings is 2. The van der Waals surface area contributed by atoms with E-state index in [4.69, 9.17) is 10.00 Å². The highest BCUT2D eigenvalue weighted by atomic mass is 32.2. The molecule has 118 valence electrons. The zero-order valence-corrected chi connectivity index (χ0v) is 13.4. The Balaban J connectivity index is 2.16. The molecule has 0 aromatic heterocycles. The molecule has 0 fully saturated rings. The average Bonchev–Trinajstić information content (AvgIpc) is 2.55. The SMILES string of the molecule is CN(C)S(=O)(=O)c1ccc(C(=O)Oc2ccc(C#N)cc2)cc1. The maximum Gasteiger partial charge on any atom is 0.343 e. The second-order valence-electron chi connectivity index (χ2n) is 4.84. The molecule has 0 heterocycles. The molecule has 6 nitrogen and oxygen atoms in total. The van der Waals surface area contributed by atoms with Crippen LogP contribution in [0.3, 0.4) is 0 Å². The van der Waals surface area contributed by atoms with Crippen LogP contribution < -0.4 is 4.74 Å². The Bertz CT molecular complexity index is 848. The number of sulfonamides is 1.